The van der Waals surface area contributed by atoms with Crippen molar-refractivity contribution < 1.29 is 19.2 Å². The second kappa shape index (κ2) is 7.30. The number of ether oxygens (including phenoxy) is 2. The van der Waals surface area contributed by atoms with E-state index in [1.165, 1.54) is 19.2 Å². The quantitative estimate of drug-likeness (QED) is 0.615. The summed E-state index contributed by atoms with van der Waals surface area (Å²) in [6, 6.07) is 4.32. The van der Waals surface area contributed by atoms with Crippen LogP contribution < -0.4 is 9.47 Å². The van der Waals surface area contributed by atoms with Crippen molar-refractivity contribution in [3.05, 3.63) is 28.3 Å². The van der Waals surface area contributed by atoms with Crippen LogP contribution in [0.1, 0.15) is 26.7 Å². The molecule has 0 spiro atoms. The van der Waals surface area contributed by atoms with Gasteiger partial charge in [-0.2, -0.15) is 0 Å². The van der Waals surface area contributed by atoms with Crippen molar-refractivity contribution in [2.75, 3.05) is 20.2 Å². The standard InChI is InChI=1S/C16H22N2O5/c1-11-6-8-17(9-7-11)16(19)12(2)23-15-5-4-13(22-3)10-14(15)18(20)21/h4-5,10-12H,6-9H2,1-3H3/t12-/m1/s1. The number of methoxy groups -OCH3 is 1. The Morgan fingerprint density at radius 2 is 2.04 bits per heavy atom. The second-order valence-corrected chi connectivity index (χ2v) is 5.86. The maximum atomic E-state index is 12.4. The Morgan fingerprint density at radius 3 is 2.61 bits per heavy atom. The van der Waals surface area contributed by atoms with Gasteiger partial charge in [-0.25, -0.2) is 0 Å². The summed E-state index contributed by atoms with van der Waals surface area (Å²) in [5.74, 6) is 0.926. The van der Waals surface area contributed by atoms with Crippen molar-refractivity contribution in [2.24, 2.45) is 5.92 Å². The molecule has 1 aromatic rings. The van der Waals surface area contributed by atoms with Crippen LogP contribution in [-0.4, -0.2) is 42.0 Å². The van der Waals surface area contributed by atoms with Gasteiger partial charge in [-0.15, -0.1) is 0 Å². The molecule has 0 radical (unpaired) electrons. The van der Waals surface area contributed by atoms with Crippen LogP contribution in [0.15, 0.2) is 18.2 Å². The molecule has 0 bridgehead atoms. The minimum atomic E-state index is -0.768. The van der Waals surface area contributed by atoms with Crippen molar-refractivity contribution in [2.45, 2.75) is 32.8 Å². The van der Waals surface area contributed by atoms with Crippen LogP contribution >= 0.6 is 0 Å². The summed E-state index contributed by atoms with van der Waals surface area (Å²) in [6.07, 6.45) is 1.18. The fraction of sp³-hybridized carbons (Fsp3) is 0.562. The molecule has 1 aliphatic heterocycles. The molecule has 0 unspecified atom stereocenters. The molecule has 0 saturated carbocycles. The molecular weight excluding hydrogens is 300 g/mol. The number of hydrogen-bond donors (Lipinski definition) is 0. The van der Waals surface area contributed by atoms with Gasteiger partial charge in [0.25, 0.3) is 5.91 Å². The maximum absolute atomic E-state index is 12.4. The van der Waals surface area contributed by atoms with Crippen LogP contribution in [0.25, 0.3) is 0 Å². The lowest BCUT2D eigenvalue weighted by Gasteiger charge is -2.32. The van der Waals surface area contributed by atoms with Gasteiger partial charge >= 0.3 is 5.69 Å². The van der Waals surface area contributed by atoms with Gasteiger partial charge in [-0.1, -0.05) is 6.92 Å². The number of nitrogens with zero attached hydrogens (tertiary/aromatic N) is 2. The molecule has 23 heavy (non-hydrogen) atoms. The monoisotopic (exact) mass is 322 g/mol. The van der Waals surface area contributed by atoms with Crippen molar-refractivity contribution in [1.82, 2.24) is 4.90 Å². The van der Waals surface area contributed by atoms with Gasteiger partial charge in [-0.3, -0.25) is 14.9 Å². The molecule has 1 aromatic carbocycles. The van der Waals surface area contributed by atoms with Crippen LogP contribution in [0.2, 0.25) is 0 Å². The molecule has 1 heterocycles. The minimum Gasteiger partial charge on any atom is -0.496 e. The molecule has 126 valence electrons. The van der Waals surface area contributed by atoms with Gasteiger partial charge in [0.15, 0.2) is 11.9 Å². The number of carbonyl (C=O) groups is 1. The Bertz CT molecular complexity index is 582. The first kappa shape index (κ1) is 17.1. The van der Waals surface area contributed by atoms with Gasteiger partial charge in [0.1, 0.15) is 5.75 Å². The largest absolute Gasteiger partial charge is 0.496 e. The van der Waals surface area contributed by atoms with Crippen LogP contribution in [0.4, 0.5) is 5.69 Å². The van der Waals surface area contributed by atoms with E-state index in [4.69, 9.17) is 9.47 Å². The topological polar surface area (TPSA) is 81.9 Å². The number of nitro groups is 1. The first-order chi connectivity index (χ1) is 10.9. The second-order valence-electron chi connectivity index (χ2n) is 5.86. The summed E-state index contributed by atoms with van der Waals surface area (Å²) in [7, 11) is 1.43. The highest BCUT2D eigenvalue weighted by atomic mass is 16.6. The third-order valence-electron chi connectivity index (χ3n) is 4.11. The van der Waals surface area contributed by atoms with Crippen LogP contribution in [0.5, 0.6) is 11.5 Å². The Balaban J connectivity index is 2.08. The smallest absolute Gasteiger partial charge is 0.314 e. The minimum absolute atomic E-state index is 0.0713. The number of nitro benzene ring substituents is 1. The van der Waals surface area contributed by atoms with Crippen molar-refractivity contribution in [1.29, 1.82) is 0 Å². The average Bonchev–Trinajstić information content (AvgIpc) is 2.55. The first-order valence-electron chi connectivity index (χ1n) is 7.70. The highest BCUT2D eigenvalue weighted by Gasteiger charge is 2.27. The lowest BCUT2D eigenvalue weighted by molar-refractivity contribution is -0.386. The maximum Gasteiger partial charge on any atom is 0.314 e. The lowest BCUT2D eigenvalue weighted by Crippen LogP contribution is -2.44. The van der Waals surface area contributed by atoms with Gasteiger partial charge < -0.3 is 14.4 Å². The molecule has 1 fully saturated rings. The van der Waals surface area contributed by atoms with Crippen molar-refractivity contribution in [3.8, 4) is 11.5 Å². The summed E-state index contributed by atoms with van der Waals surface area (Å²) in [5, 5.41) is 11.2. The average molecular weight is 322 g/mol. The molecule has 1 aliphatic rings. The summed E-state index contributed by atoms with van der Waals surface area (Å²) >= 11 is 0. The van der Waals surface area contributed by atoms with E-state index in [2.05, 4.69) is 6.92 Å². The van der Waals surface area contributed by atoms with Gasteiger partial charge in [0, 0.05) is 13.1 Å². The van der Waals surface area contributed by atoms with Gasteiger partial charge in [0.05, 0.1) is 18.1 Å². The third-order valence-corrected chi connectivity index (χ3v) is 4.11. The van der Waals surface area contributed by atoms with E-state index < -0.39 is 11.0 Å². The molecule has 1 atom stereocenters. The molecule has 1 saturated heterocycles. The first-order valence-corrected chi connectivity index (χ1v) is 7.70. The molecule has 0 N–H and O–H groups in total. The number of likely N-dealkylation sites (tertiary alicyclic amines) is 1. The van der Waals surface area contributed by atoms with Crippen LogP contribution in [0.3, 0.4) is 0 Å². The zero-order chi connectivity index (χ0) is 17.0. The zero-order valence-electron chi connectivity index (χ0n) is 13.7. The van der Waals surface area contributed by atoms with E-state index in [9.17, 15) is 14.9 Å². The van der Waals surface area contributed by atoms with E-state index >= 15 is 0 Å². The predicted molar refractivity (Wildman–Crippen MR) is 84.7 cm³/mol. The molecular formula is C16H22N2O5. The number of amides is 1. The highest BCUT2D eigenvalue weighted by Crippen LogP contribution is 2.32. The van der Waals surface area contributed by atoms with Crippen LogP contribution in [0, 0.1) is 16.0 Å². The fourth-order valence-electron chi connectivity index (χ4n) is 2.59. The van der Waals surface area contributed by atoms with Gasteiger partial charge in [0.2, 0.25) is 0 Å². The normalized spacial score (nSPS) is 16.7. The predicted octanol–water partition coefficient (Wildman–Crippen LogP) is 2.63. The lowest BCUT2D eigenvalue weighted by atomic mass is 9.99. The Labute approximate surface area is 135 Å². The number of hydrogen-bond acceptors (Lipinski definition) is 5. The summed E-state index contributed by atoms with van der Waals surface area (Å²) in [5.41, 5.74) is -0.212. The molecule has 7 heteroatoms. The van der Waals surface area contributed by atoms with Crippen molar-refractivity contribution >= 4 is 11.6 Å². The van der Waals surface area contributed by atoms with Crippen molar-refractivity contribution in [3.63, 3.8) is 0 Å². The summed E-state index contributed by atoms with van der Waals surface area (Å²) in [6.45, 7) is 5.20. The third kappa shape index (κ3) is 4.12. The van der Waals surface area contributed by atoms with E-state index in [1.807, 2.05) is 0 Å². The zero-order valence-corrected chi connectivity index (χ0v) is 13.7. The van der Waals surface area contributed by atoms with Crippen LogP contribution in [-0.2, 0) is 4.79 Å². The van der Waals surface area contributed by atoms with E-state index in [0.29, 0.717) is 24.8 Å². The number of piperidine rings is 1. The molecule has 7 nitrogen and oxygen atoms in total. The number of rotatable bonds is 5. The fourth-order valence-corrected chi connectivity index (χ4v) is 2.59. The molecule has 0 aliphatic carbocycles. The molecule has 2 rings (SSSR count). The molecule has 0 aromatic heterocycles. The van der Waals surface area contributed by atoms with E-state index in [1.54, 1.807) is 17.9 Å². The van der Waals surface area contributed by atoms with E-state index in [0.717, 1.165) is 12.8 Å². The Morgan fingerprint density at radius 1 is 1.39 bits per heavy atom. The van der Waals surface area contributed by atoms with Gasteiger partial charge in [-0.05, 0) is 37.8 Å². The summed E-state index contributed by atoms with van der Waals surface area (Å²) < 4.78 is 10.5. The SMILES string of the molecule is COc1ccc(O[C@H](C)C(=O)N2CCC(C)CC2)c([N+](=O)[O-])c1. The highest BCUT2D eigenvalue weighted by molar-refractivity contribution is 5.81. The number of carbonyl (C=O) groups excluding carboxylic acids is 1. The number of benzene rings is 1. The molecule has 1 amide bonds. The Hall–Kier alpha value is -2.31. The van der Waals surface area contributed by atoms with E-state index in [-0.39, 0.29) is 17.3 Å². The Kier molecular flexibility index (Phi) is 5.41. The summed E-state index contributed by atoms with van der Waals surface area (Å²) in [4.78, 5) is 24.8.